The van der Waals surface area contributed by atoms with E-state index in [9.17, 15) is 14.4 Å². The number of rotatable bonds is 6. The van der Waals surface area contributed by atoms with Crippen LogP contribution in [-0.4, -0.2) is 40.1 Å². The molecule has 21 heavy (non-hydrogen) atoms. The Labute approximate surface area is 121 Å². The van der Waals surface area contributed by atoms with Gasteiger partial charge in [-0.2, -0.15) is 0 Å². The van der Waals surface area contributed by atoms with Gasteiger partial charge in [-0.05, 0) is 12.0 Å². The molecule has 116 valence electrons. The molecule has 0 fully saturated rings. The Morgan fingerprint density at radius 3 is 1.76 bits per heavy atom. The van der Waals surface area contributed by atoms with Gasteiger partial charge in [0.05, 0.1) is 6.42 Å². The Morgan fingerprint density at radius 2 is 1.43 bits per heavy atom. The Kier molecular flexibility index (Phi) is 8.35. The van der Waals surface area contributed by atoms with E-state index in [2.05, 4.69) is 5.73 Å². The summed E-state index contributed by atoms with van der Waals surface area (Å²) >= 11 is 0. The van der Waals surface area contributed by atoms with E-state index in [0.717, 1.165) is 5.56 Å². The standard InChI is InChI=1S/C9H11NO2.C4H8N2O3/c10-8(9(11)12)6-7-4-2-1-3-5-7;5-2(4(8)9)1-3(6)7/h1-5,8H,6,10H2,(H,11,12);2H,1,5H2,(H2,6,7)(H,8,9). The van der Waals surface area contributed by atoms with Gasteiger partial charge in [-0.25, -0.2) is 0 Å². The normalized spacial score (nSPS) is 12.5. The first kappa shape index (κ1) is 18.6. The molecule has 0 saturated heterocycles. The van der Waals surface area contributed by atoms with Crippen LogP contribution in [0.4, 0.5) is 0 Å². The van der Waals surface area contributed by atoms with E-state index in [1.807, 2.05) is 30.3 Å². The smallest absolute Gasteiger partial charge is 0.321 e. The molecule has 8 heteroatoms. The van der Waals surface area contributed by atoms with E-state index >= 15 is 0 Å². The van der Waals surface area contributed by atoms with Crippen molar-refractivity contribution in [1.29, 1.82) is 0 Å². The van der Waals surface area contributed by atoms with E-state index in [1.165, 1.54) is 0 Å². The van der Waals surface area contributed by atoms with Gasteiger partial charge in [-0.1, -0.05) is 30.3 Å². The Balaban J connectivity index is 0.000000400. The SMILES string of the molecule is NC(=O)CC(N)C(=O)O.NC(Cc1ccccc1)C(=O)O. The zero-order chi connectivity index (χ0) is 16.4. The molecule has 0 aliphatic carbocycles. The third-order valence-electron chi connectivity index (χ3n) is 2.35. The van der Waals surface area contributed by atoms with Gasteiger partial charge in [0.2, 0.25) is 5.91 Å². The number of benzene rings is 1. The summed E-state index contributed by atoms with van der Waals surface area (Å²) in [5.74, 6) is -2.88. The number of nitrogens with two attached hydrogens (primary N) is 3. The summed E-state index contributed by atoms with van der Waals surface area (Å²) in [7, 11) is 0. The molecule has 2 unspecified atom stereocenters. The maximum absolute atomic E-state index is 10.4. The van der Waals surface area contributed by atoms with Gasteiger partial charge in [-0.15, -0.1) is 0 Å². The van der Waals surface area contributed by atoms with Gasteiger partial charge >= 0.3 is 11.9 Å². The van der Waals surface area contributed by atoms with E-state index in [4.69, 9.17) is 21.7 Å². The number of primary amides is 1. The van der Waals surface area contributed by atoms with Crippen molar-refractivity contribution in [3.8, 4) is 0 Å². The van der Waals surface area contributed by atoms with Crippen LogP contribution in [0.3, 0.4) is 0 Å². The second-order valence-corrected chi connectivity index (χ2v) is 4.25. The minimum atomic E-state index is -1.21. The average Bonchev–Trinajstić information content (AvgIpc) is 2.39. The molecule has 0 bridgehead atoms. The van der Waals surface area contributed by atoms with Crippen LogP contribution in [0.1, 0.15) is 12.0 Å². The lowest BCUT2D eigenvalue weighted by atomic mass is 10.1. The van der Waals surface area contributed by atoms with Crippen molar-refractivity contribution in [2.24, 2.45) is 17.2 Å². The molecule has 1 aromatic rings. The van der Waals surface area contributed by atoms with E-state index in [-0.39, 0.29) is 6.42 Å². The number of carboxylic acid groups (broad SMARTS) is 2. The molecule has 0 aromatic heterocycles. The quantitative estimate of drug-likeness (QED) is 0.444. The summed E-state index contributed by atoms with van der Waals surface area (Å²) < 4.78 is 0. The first-order chi connectivity index (χ1) is 9.73. The summed E-state index contributed by atoms with van der Waals surface area (Å²) in [5.41, 5.74) is 15.9. The molecule has 8 N–H and O–H groups in total. The lowest BCUT2D eigenvalue weighted by Gasteiger charge is -2.04. The van der Waals surface area contributed by atoms with Gasteiger partial charge in [-0.3, -0.25) is 14.4 Å². The topological polar surface area (TPSA) is 170 Å². The fraction of sp³-hybridized carbons (Fsp3) is 0.308. The van der Waals surface area contributed by atoms with Crippen molar-refractivity contribution in [3.63, 3.8) is 0 Å². The number of amides is 1. The first-order valence-corrected chi connectivity index (χ1v) is 6.03. The fourth-order valence-electron chi connectivity index (χ4n) is 1.26. The molecule has 0 radical (unpaired) electrons. The molecule has 1 aromatic carbocycles. The predicted molar refractivity (Wildman–Crippen MR) is 75.2 cm³/mol. The van der Waals surface area contributed by atoms with Crippen LogP contribution in [0.5, 0.6) is 0 Å². The number of aliphatic carboxylic acids is 2. The van der Waals surface area contributed by atoms with E-state index in [1.54, 1.807) is 0 Å². The number of carbonyl (C=O) groups excluding carboxylic acids is 1. The molecular weight excluding hydrogens is 278 g/mol. The number of hydrogen-bond acceptors (Lipinski definition) is 5. The van der Waals surface area contributed by atoms with Crippen molar-refractivity contribution in [3.05, 3.63) is 35.9 Å². The zero-order valence-corrected chi connectivity index (χ0v) is 11.3. The van der Waals surface area contributed by atoms with Crippen LogP contribution in [-0.2, 0) is 20.8 Å². The molecule has 8 nitrogen and oxygen atoms in total. The molecule has 2 atom stereocenters. The highest BCUT2D eigenvalue weighted by molar-refractivity contribution is 5.83. The highest BCUT2D eigenvalue weighted by Crippen LogP contribution is 2.01. The summed E-state index contributed by atoms with van der Waals surface area (Å²) in [5, 5.41) is 16.6. The number of carboxylic acids is 2. The van der Waals surface area contributed by atoms with Gasteiger partial charge in [0.1, 0.15) is 12.1 Å². The maximum Gasteiger partial charge on any atom is 0.321 e. The predicted octanol–water partition coefficient (Wildman–Crippen LogP) is -1.09. The zero-order valence-electron chi connectivity index (χ0n) is 11.3. The van der Waals surface area contributed by atoms with Gasteiger partial charge in [0.25, 0.3) is 0 Å². The van der Waals surface area contributed by atoms with Crippen LogP contribution in [0.2, 0.25) is 0 Å². The second-order valence-electron chi connectivity index (χ2n) is 4.25. The highest BCUT2D eigenvalue weighted by atomic mass is 16.4. The minimum absolute atomic E-state index is 0.310. The van der Waals surface area contributed by atoms with Crippen LogP contribution in [0.15, 0.2) is 30.3 Å². The first-order valence-electron chi connectivity index (χ1n) is 6.03. The van der Waals surface area contributed by atoms with Crippen LogP contribution in [0, 0.1) is 0 Å². The van der Waals surface area contributed by atoms with E-state index < -0.39 is 29.9 Å². The molecule has 1 rings (SSSR count). The Bertz CT molecular complexity index is 478. The monoisotopic (exact) mass is 297 g/mol. The molecule has 0 saturated carbocycles. The van der Waals surface area contributed by atoms with Gasteiger partial charge in [0.15, 0.2) is 0 Å². The molecular formula is C13H19N3O5. The molecule has 0 aliphatic heterocycles. The Morgan fingerprint density at radius 1 is 0.952 bits per heavy atom. The Hall–Kier alpha value is -2.45. The van der Waals surface area contributed by atoms with Gasteiger partial charge in [0, 0.05) is 0 Å². The van der Waals surface area contributed by atoms with Gasteiger partial charge < -0.3 is 27.4 Å². The molecule has 0 spiro atoms. The summed E-state index contributed by atoms with van der Waals surface area (Å²) in [6.07, 6.45) is 0.0749. The number of carbonyl (C=O) groups is 3. The van der Waals surface area contributed by atoms with Crippen molar-refractivity contribution in [1.82, 2.24) is 0 Å². The number of hydrogen-bond donors (Lipinski definition) is 5. The largest absolute Gasteiger partial charge is 0.480 e. The second kappa shape index (κ2) is 9.45. The summed E-state index contributed by atoms with van der Waals surface area (Å²) in [6, 6.07) is 7.38. The van der Waals surface area contributed by atoms with Crippen molar-refractivity contribution in [2.45, 2.75) is 24.9 Å². The molecule has 1 amide bonds. The molecule has 0 heterocycles. The third-order valence-corrected chi connectivity index (χ3v) is 2.35. The summed E-state index contributed by atoms with van der Waals surface area (Å²) in [4.78, 5) is 30.3. The maximum atomic E-state index is 10.4. The minimum Gasteiger partial charge on any atom is -0.480 e. The van der Waals surface area contributed by atoms with Crippen LogP contribution >= 0.6 is 0 Å². The van der Waals surface area contributed by atoms with Crippen molar-refractivity contribution >= 4 is 17.8 Å². The lowest BCUT2D eigenvalue weighted by Crippen LogP contribution is -2.34. The average molecular weight is 297 g/mol. The lowest BCUT2D eigenvalue weighted by molar-refractivity contribution is -0.140. The van der Waals surface area contributed by atoms with Crippen molar-refractivity contribution in [2.75, 3.05) is 0 Å². The third kappa shape index (κ3) is 9.14. The van der Waals surface area contributed by atoms with Crippen molar-refractivity contribution < 1.29 is 24.6 Å². The highest BCUT2D eigenvalue weighted by Gasteiger charge is 2.13. The van der Waals surface area contributed by atoms with E-state index in [0.29, 0.717) is 6.42 Å². The van der Waals surface area contributed by atoms with Crippen LogP contribution < -0.4 is 17.2 Å². The molecule has 0 aliphatic rings. The van der Waals surface area contributed by atoms with Crippen LogP contribution in [0.25, 0.3) is 0 Å². The summed E-state index contributed by atoms with van der Waals surface area (Å²) in [6.45, 7) is 0. The fourth-order valence-corrected chi connectivity index (χ4v) is 1.26.